The summed E-state index contributed by atoms with van der Waals surface area (Å²) in [6.07, 6.45) is 7.65. The van der Waals surface area contributed by atoms with Gasteiger partial charge in [-0.1, -0.05) is 60.3 Å². The molecule has 1 saturated carbocycles. The molecule has 2 aromatic rings. The molecule has 2 aromatic carbocycles. The Morgan fingerprint density at radius 3 is 2.04 bits per heavy atom. The first kappa shape index (κ1) is 19.3. The normalized spacial score (nSPS) is 25.4. The van der Waals surface area contributed by atoms with Crippen molar-refractivity contribution in [1.29, 1.82) is 0 Å². The Morgan fingerprint density at radius 1 is 0.815 bits per heavy atom. The molecular weight excluding hydrogens is 379 g/mol. The van der Waals surface area contributed by atoms with Crippen LogP contribution in [0.1, 0.15) is 55.6 Å². The first-order valence-electron chi connectivity index (χ1n) is 9.97. The first-order chi connectivity index (χ1) is 13.2. The molecule has 4 rings (SSSR count). The Hall–Kier alpha value is -1.06. The summed E-state index contributed by atoms with van der Waals surface area (Å²) in [5.74, 6) is 0.870. The predicted octanol–water partition coefficient (Wildman–Crippen LogP) is 6.84. The number of halogens is 2. The maximum Gasteiger partial charge on any atom is 0.158 e. The first-order valence-corrected chi connectivity index (χ1v) is 10.7. The van der Waals surface area contributed by atoms with E-state index in [0.29, 0.717) is 12.7 Å². The molecule has 0 spiro atoms. The van der Waals surface area contributed by atoms with Crippen LogP contribution in [0, 0.1) is 5.92 Å². The van der Waals surface area contributed by atoms with Crippen molar-refractivity contribution >= 4 is 23.2 Å². The van der Waals surface area contributed by atoms with E-state index >= 15 is 0 Å². The molecule has 1 heterocycles. The lowest BCUT2D eigenvalue weighted by Crippen LogP contribution is -2.38. The Kier molecular flexibility index (Phi) is 6.39. The van der Waals surface area contributed by atoms with Crippen molar-refractivity contribution in [3.05, 3.63) is 69.7 Å². The van der Waals surface area contributed by atoms with E-state index < -0.39 is 0 Å². The van der Waals surface area contributed by atoms with Crippen LogP contribution >= 0.6 is 23.2 Å². The lowest BCUT2D eigenvalue weighted by atomic mass is 9.82. The highest BCUT2D eigenvalue weighted by molar-refractivity contribution is 6.30. The van der Waals surface area contributed by atoms with Crippen molar-refractivity contribution in [3.8, 4) is 0 Å². The number of benzene rings is 2. The number of ether oxygens (including phenoxy) is 2. The Balaban J connectivity index is 1.46. The topological polar surface area (TPSA) is 18.5 Å². The van der Waals surface area contributed by atoms with Gasteiger partial charge in [0.1, 0.15) is 0 Å². The summed E-state index contributed by atoms with van der Waals surface area (Å²) in [6.45, 7) is 0.589. The van der Waals surface area contributed by atoms with E-state index in [0.717, 1.165) is 22.4 Å². The number of fused-ring (bicyclic) bond motifs is 1. The second kappa shape index (κ2) is 8.96. The van der Waals surface area contributed by atoms with Crippen LogP contribution in [-0.4, -0.2) is 19.0 Å². The van der Waals surface area contributed by atoms with Gasteiger partial charge in [0.05, 0.1) is 12.7 Å². The second-order valence-corrected chi connectivity index (χ2v) is 8.59. The van der Waals surface area contributed by atoms with Crippen LogP contribution in [0.5, 0.6) is 0 Å². The summed E-state index contributed by atoms with van der Waals surface area (Å²) in [4.78, 5) is 0. The molecule has 0 amide bonds. The molecule has 1 aliphatic carbocycles. The van der Waals surface area contributed by atoms with Gasteiger partial charge in [0.2, 0.25) is 0 Å². The molecule has 0 bridgehead atoms. The highest BCUT2D eigenvalue weighted by atomic mass is 35.5. The molecule has 1 aliphatic heterocycles. The van der Waals surface area contributed by atoms with Crippen molar-refractivity contribution in [3.63, 3.8) is 0 Å². The van der Waals surface area contributed by atoms with Crippen molar-refractivity contribution in [2.24, 2.45) is 5.92 Å². The Labute approximate surface area is 171 Å². The van der Waals surface area contributed by atoms with Crippen molar-refractivity contribution in [1.82, 2.24) is 0 Å². The van der Waals surface area contributed by atoms with Gasteiger partial charge < -0.3 is 9.47 Å². The van der Waals surface area contributed by atoms with Crippen LogP contribution in [-0.2, 0) is 9.47 Å². The average Bonchev–Trinajstić information content (AvgIpc) is 2.70. The summed E-state index contributed by atoms with van der Waals surface area (Å²) in [7, 11) is 0. The molecule has 2 nitrogen and oxygen atoms in total. The monoisotopic (exact) mass is 404 g/mol. The van der Waals surface area contributed by atoms with Gasteiger partial charge >= 0.3 is 0 Å². The third-order valence-corrected chi connectivity index (χ3v) is 6.44. The van der Waals surface area contributed by atoms with Crippen LogP contribution in [0.4, 0.5) is 0 Å². The molecular formula is C23H26Cl2O2. The lowest BCUT2D eigenvalue weighted by molar-refractivity contribution is -0.217. The minimum absolute atomic E-state index is 0.0912. The molecule has 0 N–H and O–H groups in total. The molecule has 4 heteroatoms. The Morgan fingerprint density at radius 2 is 1.41 bits per heavy atom. The fourth-order valence-corrected chi connectivity index (χ4v) is 4.65. The van der Waals surface area contributed by atoms with Crippen LogP contribution in [0.2, 0.25) is 10.0 Å². The van der Waals surface area contributed by atoms with Gasteiger partial charge in [0.25, 0.3) is 0 Å². The summed E-state index contributed by atoms with van der Waals surface area (Å²) >= 11 is 12.2. The third kappa shape index (κ3) is 4.86. The van der Waals surface area contributed by atoms with Crippen LogP contribution in [0.15, 0.2) is 48.5 Å². The van der Waals surface area contributed by atoms with E-state index in [4.69, 9.17) is 32.7 Å². The minimum atomic E-state index is -0.0912. The number of hydrogen-bond donors (Lipinski definition) is 0. The predicted molar refractivity (Wildman–Crippen MR) is 111 cm³/mol. The molecule has 3 atom stereocenters. The maximum atomic E-state index is 6.29. The molecule has 2 fully saturated rings. The largest absolute Gasteiger partial charge is 0.352 e. The van der Waals surface area contributed by atoms with Crippen LogP contribution in [0.25, 0.3) is 0 Å². The van der Waals surface area contributed by atoms with E-state index in [9.17, 15) is 0 Å². The van der Waals surface area contributed by atoms with E-state index in [1.807, 2.05) is 24.3 Å². The summed E-state index contributed by atoms with van der Waals surface area (Å²) in [5, 5.41) is 1.49. The molecule has 27 heavy (non-hydrogen) atoms. The van der Waals surface area contributed by atoms with Gasteiger partial charge in [0.15, 0.2) is 6.29 Å². The van der Waals surface area contributed by atoms with Gasteiger partial charge in [-0.15, -0.1) is 0 Å². The van der Waals surface area contributed by atoms with Crippen LogP contribution < -0.4 is 0 Å². The zero-order valence-electron chi connectivity index (χ0n) is 15.5. The molecule has 0 radical (unpaired) electrons. The minimum Gasteiger partial charge on any atom is -0.352 e. The lowest BCUT2D eigenvalue weighted by Gasteiger charge is -2.39. The van der Waals surface area contributed by atoms with Gasteiger partial charge in [-0.25, -0.2) is 0 Å². The van der Waals surface area contributed by atoms with E-state index in [2.05, 4.69) is 24.3 Å². The van der Waals surface area contributed by atoms with Crippen molar-refractivity contribution in [2.45, 2.75) is 56.8 Å². The molecule has 1 saturated heterocycles. The van der Waals surface area contributed by atoms with E-state index in [1.165, 1.54) is 43.2 Å². The maximum absolute atomic E-state index is 6.29. The van der Waals surface area contributed by atoms with E-state index in [1.54, 1.807) is 0 Å². The van der Waals surface area contributed by atoms with Gasteiger partial charge in [-0.3, -0.25) is 0 Å². The second-order valence-electron chi connectivity index (χ2n) is 7.72. The summed E-state index contributed by atoms with van der Waals surface area (Å²) < 4.78 is 12.6. The zero-order chi connectivity index (χ0) is 18.6. The fraction of sp³-hybridized carbons (Fsp3) is 0.478. The van der Waals surface area contributed by atoms with Crippen molar-refractivity contribution < 1.29 is 9.47 Å². The molecule has 0 unspecified atom stereocenters. The standard InChI is InChI=1S/C23H26Cl2O2/c24-19-10-5-16(6-11-19)21(17-7-12-20(25)13-8-17)15-26-23-14-9-18-3-1-2-4-22(18)27-23/h5-8,10-13,18,21-23H,1-4,9,14-15H2/t18-,22+,23+/m1/s1. The van der Waals surface area contributed by atoms with Gasteiger partial charge in [-0.2, -0.15) is 0 Å². The Bertz CT molecular complexity index is 684. The molecule has 2 aliphatic rings. The zero-order valence-corrected chi connectivity index (χ0v) is 17.0. The third-order valence-electron chi connectivity index (χ3n) is 5.93. The highest BCUT2D eigenvalue weighted by Crippen LogP contribution is 2.37. The summed E-state index contributed by atoms with van der Waals surface area (Å²) in [5.41, 5.74) is 2.38. The number of hydrogen-bond acceptors (Lipinski definition) is 2. The van der Waals surface area contributed by atoms with Gasteiger partial charge in [0, 0.05) is 16.0 Å². The quantitative estimate of drug-likeness (QED) is 0.542. The highest BCUT2D eigenvalue weighted by Gasteiger charge is 2.33. The fourth-order valence-electron chi connectivity index (χ4n) is 4.40. The van der Waals surface area contributed by atoms with E-state index in [-0.39, 0.29) is 12.2 Å². The number of rotatable bonds is 5. The van der Waals surface area contributed by atoms with Crippen molar-refractivity contribution in [2.75, 3.05) is 6.61 Å². The molecule has 144 valence electrons. The van der Waals surface area contributed by atoms with Gasteiger partial charge in [-0.05, 0) is 67.0 Å². The SMILES string of the molecule is Clc1ccc(C(CO[C@@H]2CC[C@H]3CCCC[C@@H]3O2)c2ccc(Cl)cc2)cc1. The van der Waals surface area contributed by atoms with Crippen LogP contribution in [0.3, 0.4) is 0 Å². The smallest absolute Gasteiger partial charge is 0.158 e. The molecule has 0 aromatic heterocycles. The summed E-state index contributed by atoms with van der Waals surface area (Å²) in [6, 6.07) is 16.0. The average molecular weight is 405 g/mol.